The van der Waals surface area contributed by atoms with Crippen molar-refractivity contribution in [2.75, 3.05) is 6.54 Å². The molecular weight excluding hydrogens is 485 g/mol. The van der Waals surface area contributed by atoms with Crippen LogP contribution in [0.1, 0.15) is 58.0 Å². The van der Waals surface area contributed by atoms with Gasteiger partial charge in [-0.2, -0.15) is 0 Å². The summed E-state index contributed by atoms with van der Waals surface area (Å²) in [5.41, 5.74) is 4.02. The normalized spacial score (nSPS) is 14.6. The number of fused-ring (bicyclic) bond motifs is 1. The summed E-state index contributed by atoms with van der Waals surface area (Å²) < 4.78 is 24.7. The highest BCUT2D eigenvalue weighted by molar-refractivity contribution is 5.91. The molecule has 0 saturated carbocycles. The van der Waals surface area contributed by atoms with E-state index >= 15 is 0 Å². The Morgan fingerprint density at radius 3 is 2.74 bits per heavy atom. The molecule has 7 nitrogen and oxygen atoms in total. The molecule has 8 heteroatoms. The number of nitrogens with zero attached hydrogens (tertiary/aromatic N) is 2. The van der Waals surface area contributed by atoms with Gasteiger partial charge in [-0.1, -0.05) is 55.5 Å². The van der Waals surface area contributed by atoms with Crippen molar-refractivity contribution in [1.82, 2.24) is 15.2 Å². The van der Waals surface area contributed by atoms with Crippen molar-refractivity contribution in [3.05, 3.63) is 119 Å². The van der Waals surface area contributed by atoms with Crippen LogP contribution in [-0.2, 0) is 24.4 Å². The highest BCUT2D eigenvalue weighted by Gasteiger charge is 2.31. The van der Waals surface area contributed by atoms with Crippen molar-refractivity contribution < 1.29 is 23.1 Å². The Labute approximate surface area is 220 Å². The van der Waals surface area contributed by atoms with Crippen molar-refractivity contribution in [2.24, 2.45) is 0 Å². The van der Waals surface area contributed by atoms with Crippen LogP contribution in [0.3, 0.4) is 0 Å². The highest BCUT2D eigenvalue weighted by Crippen LogP contribution is 2.37. The van der Waals surface area contributed by atoms with Crippen molar-refractivity contribution in [1.29, 1.82) is 0 Å². The molecule has 0 bridgehead atoms. The third-order valence-corrected chi connectivity index (χ3v) is 6.57. The van der Waals surface area contributed by atoms with Gasteiger partial charge in [-0.05, 0) is 52.9 Å². The van der Waals surface area contributed by atoms with Crippen molar-refractivity contribution in [3.8, 4) is 5.75 Å². The molecule has 0 aliphatic carbocycles. The van der Waals surface area contributed by atoms with E-state index < -0.39 is 5.91 Å². The summed E-state index contributed by atoms with van der Waals surface area (Å²) in [4.78, 5) is 31.4. The van der Waals surface area contributed by atoms with Gasteiger partial charge in [0.2, 0.25) is 11.8 Å². The van der Waals surface area contributed by atoms with Crippen LogP contribution < -0.4 is 10.1 Å². The fraction of sp³-hybridized carbons (Fsp3) is 0.233. The van der Waals surface area contributed by atoms with E-state index in [1.165, 1.54) is 24.0 Å². The van der Waals surface area contributed by atoms with Gasteiger partial charge in [-0.15, -0.1) is 0 Å². The minimum Gasteiger partial charge on any atom is -0.484 e. The molecule has 5 rings (SSSR count). The molecule has 0 spiro atoms. The van der Waals surface area contributed by atoms with Crippen molar-refractivity contribution in [2.45, 2.75) is 39.0 Å². The summed E-state index contributed by atoms with van der Waals surface area (Å²) >= 11 is 0. The number of ether oxygens (including phenoxy) is 1. The van der Waals surface area contributed by atoms with Crippen LogP contribution in [0, 0.1) is 5.82 Å². The number of rotatable bonds is 8. The summed E-state index contributed by atoms with van der Waals surface area (Å²) in [6, 6.07) is 21.7. The molecule has 1 aliphatic heterocycles. The Hall–Kier alpha value is -4.46. The van der Waals surface area contributed by atoms with E-state index in [9.17, 15) is 14.0 Å². The van der Waals surface area contributed by atoms with Crippen LogP contribution in [0.4, 0.5) is 4.39 Å². The quantitative estimate of drug-likeness (QED) is 0.350. The second-order valence-electron chi connectivity index (χ2n) is 9.09. The predicted molar refractivity (Wildman–Crippen MR) is 139 cm³/mol. The molecule has 1 unspecified atom stereocenters. The molecule has 0 fully saturated rings. The Kier molecular flexibility index (Phi) is 7.49. The molecule has 2 amide bonds. The number of halogens is 1. The highest BCUT2D eigenvalue weighted by atomic mass is 19.1. The number of hydrogen-bond donors (Lipinski definition) is 1. The maximum Gasteiger partial charge on any atom is 0.273 e. The molecule has 1 aliphatic rings. The summed E-state index contributed by atoms with van der Waals surface area (Å²) in [6.45, 7) is 2.75. The second-order valence-corrected chi connectivity index (χ2v) is 9.09. The Morgan fingerprint density at radius 1 is 1.11 bits per heavy atom. The molecule has 4 aromatic rings. The smallest absolute Gasteiger partial charge is 0.273 e. The predicted octanol–water partition coefficient (Wildman–Crippen LogP) is 5.21. The number of carbonyl (C=O) groups is 2. The number of amides is 2. The molecule has 38 heavy (non-hydrogen) atoms. The standard InChI is InChI=1S/C30H28FN3O4/c1-2-28(35)34-14-13-21-11-12-24(16-25(21)29(34)22-8-4-3-5-9-22)37-19-27-33-26(18-38-27)30(36)32-17-20-7-6-10-23(31)15-20/h3-12,15-16,18,29H,2,13-14,17,19H2,1H3,(H,32,36). The first kappa shape index (κ1) is 25.2. The molecule has 0 saturated heterocycles. The Morgan fingerprint density at radius 2 is 1.95 bits per heavy atom. The van der Waals surface area contributed by atoms with Gasteiger partial charge < -0.3 is 19.4 Å². The van der Waals surface area contributed by atoms with Crippen molar-refractivity contribution >= 4 is 11.8 Å². The minimum absolute atomic E-state index is 0.0313. The lowest BCUT2D eigenvalue weighted by atomic mass is 9.87. The Bertz CT molecular complexity index is 1440. The third kappa shape index (κ3) is 5.59. The lowest BCUT2D eigenvalue weighted by Crippen LogP contribution is -2.40. The number of aromatic nitrogens is 1. The molecule has 3 aromatic carbocycles. The van der Waals surface area contributed by atoms with Crippen LogP contribution in [0.5, 0.6) is 5.75 Å². The zero-order valence-corrected chi connectivity index (χ0v) is 21.0. The topological polar surface area (TPSA) is 84.7 Å². The lowest BCUT2D eigenvalue weighted by Gasteiger charge is -2.38. The fourth-order valence-electron chi connectivity index (χ4n) is 4.70. The van der Waals surface area contributed by atoms with E-state index in [1.807, 2.05) is 60.4 Å². The molecule has 1 aromatic heterocycles. The number of carbonyl (C=O) groups excluding carboxylic acids is 2. The van der Waals surface area contributed by atoms with Gasteiger partial charge in [0.1, 0.15) is 17.8 Å². The van der Waals surface area contributed by atoms with Crippen LogP contribution in [0.2, 0.25) is 0 Å². The van der Waals surface area contributed by atoms with Crippen LogP contribution in [0.25, 0.3) is 0 Å². The van der Waals surface area contributed by atoms with E-state index in [4.69, 9.17) is 9.15 Å². The maximum absolute atomic E-state index is 13.3. The van der Waals surface area contributed by atoms with E-state index in [2.05, 4.69) is 10.3 Å². The van der Waals surface area contributed by atoms with E-state index in [0.717, 1.165) is 17.5 Å². The van der Waals surface area contributed by atoms with Gasteiger partial charge in [0, 0.05) is 19.5 Å². The van der Waals surface area contributed by atoms with Crippen LogP contribution in [-0.4, -0.2) is 28.2 Å². The summed E-state index contributed by atoms with van der Waals surface area (Å²) in [7, 11) is 0. The molecule has 2 heterocycles. The van der Waals surface area contributed by atoms with E-state index in [-0.39, 0.29) is 42.5 Å². The molecular formula is C30H28FN3O4. The Balaban J connectivity index is 1.27. The van der Waals surface area contributed by atoms with Gasteiger partial charge in [0.05, 0.1) is 6.04 Å². The van der Waals surface area contributed by atoms with E-state index in [1.54, 1.807) is 12.1 Å². The molecule has 0 radical (unpaired) electrons. The number of hydrogen-bond acceptors (Lipinski definition) is 5. The number of oxazole rings is 1. The monoisotopic (exact) mass is 513 g/mol. The average Bonchev–Trinajstić information content (AvgIpc) is 3.43. The first-order valence-corrected chi connectivity index (χ1v) is 12.6. The van der Waals surface area contributed by atoms with Gasteiger partial charge in [0.15, 0.2) is 12.3 Å². The van der Waals surface area contributed by atoms with E-state index in [0.29, 0.717) is 24.3 Å². The number of nitrogens with one attached hydrogen (secondary N) is 1. The largest absolute Gasteiger partial charge is 0.484 e. The van der Waals surface area contributed by atoms with Gasteiger partial charge in [-0.25, -0.2) is 9.37 Å². The van der Waals surface area contributed by atoms with Gasteiger partial charge in [-0.3, -0.25) is 9.59 Å². The SMILES string of the molecule is CCC(=O)N1CCc2ccc(OCc3nc(C(=O)NCc4cccc(F)c4)co3)cc2C1c1ccccc1. The molecule has 194 valence electrons. The number of benzene rings is 3. The van der Waals surface area contributed by atoms with Crippen LogP contribution >= 0.6 is 0 Å². The summed E-state index contributed by atoms with van der Waals surface area (Å²) in [5.74, 6) is 0.189. The van der Waals surface area contributed by atoms with Gasteiger partial charge in [0.25, 0.3) is 5.91 Å². The average molecular weight is 514 g/mol. The minimum atomic E-state index is -0.426. The maximum atomic E-state index is 13.3. The second kappa shape index (κ2) is 11.3. The zero-order chi connectivity index (χ0) is 26.5. The van der Waals surface area contributed by atoms with Crippen LogP contribution in [0.15, 0.2) is 83.5 Å². The van der Waals surface area contributed by atoms with Gasteiger partial charge >= 0.3 is 0 Å². The first-order valence-electron chi connectivity index (χ1n) is 12.6. The summed E-state index contributed by atoms with van der Waals surface area (Å²) in [6.07, 6.45) is 2.49. The molecule has 1 N–H and O–H groups in total. The molecule has 1 atom stereocenters. The fourth-order valence-corrected chi connectivity index (χ4v) is 4.70. The zero-order valence-electron chi connectivity index (χ0n) is 21.0. The third-order valence-electron chi connectivity index (χ3n) is 6.57. The summed E-state index contributed by atoms with van der Waals surface area (Å²) in [5, 5.41) is 2.70. The van der Waals surface area contributed by atoms with Crippen molar-refractivity contribution in [3.63, 3.8) is 0 Å². The lowest BCUT2D eigenvalue weighted by molar-refractivity contribution is -0.132. The first-order chi connectivity index (χ1) is 18.5.